The summed E-state index contributed by atoms with van der Waals surface area (Å²) in [7, 11) is 0. The Labute approximate surface area is 130 Å². The predicted molar refractivity (Wildman–Crippen MR) is 83.7 cm³/mol. The quantitative estimate of drug-likeness (QED) is 0.798. The molecule has 1 heterocycles. The van der Waals surface area contributed by atoms with Gasteiger partial charge in [-0.25, -0.2) is 0 Å². The van der Waals surface area contributed by atoms with Crippen molar-refractivity contribution in [2.24, 2.45) is 0 Å². The molecule has 1 aromatic heterocycles. The second-order valence-electron chi connectivity index (χ2n) is 4.30. The predicted octanol–water partition coefficient (Wildman–Crippen LogP) is 5.21. The maximum Gasteiger partial charge on any atom is 0.156 e. The van der Waals surface area contributed by atoms with Gasteiger partial charge in [-0.05, 0) is 65.5 Å². The average Bonchev–Trinajstić information content (AvgIpc) is 2.36. The van der Waals surface area contributed by atoms with Gasteiger partial charge >= 0.3 is 0 Å². The molecule has 6 heteroatoms. The van der Waals surface area contributed by atoms with E-state index in [2.05, 4.69) is 31.4 Å². The maximum absolute atomic E-state index is 6.13. The Hall–Kier alpha value is -0.840. The third-order valence-corrected chi connectivity index (χ3v) is 4.39. The molecule has 0 bridgehead atoms. The van der Waals surface area contributed by atoms with Crippen molar-refractivity contribution < 1.29 is 0 Å². The Balaban J connectivity index is 2.42. The Morgan fingerprint density at radius 3 is 2.42 bits per heavy atom. The van der Waals surface area contributed by atoms with Crippen LogP contribution in [0, 0.1) is 20.8 Å². The molecule has 0 spiro atoms. The first-order valence-electron chi connectivity index (χ1n) is 5.62. The van der Waals surface area contributed by atoms with E-state index < -0.39 is 0 Å². The van der Waals surface area contributed by atoms with Crippen LogP contribution in [-0.2, 0) is 0 Å². The van der Waals surface area contributed by atoms with Crippen LogP contribution in [0.3, 0.4) is 0 Å². The van der Waals surface area contributed by atoms with Gasteiger partial charge in [-0.15, -0.1) is 10.2 Å². The van der Waals surface area contributed by atoms with E-state index in [9.17, 15) is 0 Å². The summed E-state index contributed by atoms with van der Waals surface area (Å²) in [5.74, 6) is 0.669. The van der Waals surface area contributed by atoms with Crippen LogP contribution in [0.2, 0.25) is 10.2 Å². The smallest absolute Gasteiger partial charge is 0.156 e. The van der Waals surface area contributed by atoms with E-state index >= 15 is 0 Å². The minimum atomic E-state index is 0.420. The SMILES string of the molecule is Cc1cc(Br)c(Nc2nnc(Cl)c(C)c2C)cc1Cl. The highest BCUT2D eigenvalue weighted by Gasteiger charge is 2.11. The van der Waals surface area contributed by atoms with Crippen molar-refractivity contribution in [3.8, 4) is 0 Å². The summed E-state index contributed by atoms with van der Waals surface area (Å²) >= 11 is 15.6. The van der Waals surface area contributed by atoms with Crippen molar-refractivity contribution in [1.82, 2.24) is 10.2 Å². The van der Waals surface area contributed by atoms with Crippen LogP contribution >= 0.6 is 39.1 Å². The standard InChI is InChI=1S/C13H12BrCl2N3/c1-6-4-9(14)11(5-10(6)15)17-13-8(3)7(2)12(16)18-19-13/h4-5H,1-3H3,(H,17,19). The number of benzene rings is 1. The molecule has 2 aromatic rings. The van der Waals surface area contributed by atoms with E-state index in [1.54, 1.807) is 0 Å². The largest absolute Gasteiger partial charge is 0.338 e. The van der Waals surface area contributed by atoms with Crippen LogP contribution in [-0.4, -0.2) is 10.2 Å². The first kappa shape index (κ1) is 14.6. The molecule has 1 aromatic carbocycles. The number of aryl methyl sites for hydroxylation is 1. The number of aromatic nitrogens is 2. The molecule has 0 atom stereocenters. The molecule has 2 rings (SSSR count). The Bertz CT molecular complexity index is 644. The molecule has 1 N–H and O–H groups in total. The summed E-state index contributed by atoms with van der Waals surface area (Å²) < 4.78 is 0.920. The molecule has 19 heavy (non-hydrogen) atoms. The highest BCUT2D eigenvalue weighted by atomic mass is 79.9. The lowest BCUT2D eigenvalue weighted by Gasteiger charge is -2.13. The van der Waals surface area contributed by atoms with Gasteiger partial charge < -0.3 is 5.32 Å². The van der Waals surface area contributed by atoms with E-state index in [0.29, 0.717) is 16.0 Å². The van der Waals surface area contributed by atoms with Gasteiger partial charge in [0, 0.05) is 9.50 Å². The molecule has 0 amide bonds. The molecule has 3 nitrogen and oxygen atoms in total. The van der Waals surface area contributed by atoms with Gasteiger partial charge in [-0.3, -0.25) is 0 Å². The number of hydrogen-bond acceptors (Lipinski definition) is 3. The van der Waals surface area contributed by atoms with Crippen molar-refractivity contribution in [2.45, 2.75) is 20.8 Å². The van der Waals surface area contributed by atoms with E-state index in [1.807, 2.05) is 32.9 Å². The number of nitrogens with zero attached hydrogens (tertiary/aromatic N) is 2. The Morgan fingerprint density at radius 1 is 1.05 bits per heavy atom. The van der Waals surface area contributed by atoms with Crippen LogP contribution < -0.4 is 5.32 Å². The molecular weight excluding hydrogens is 349 g/mol. The van der Waals surface area contributed by atoms with Crippen LogP contribution in [0.4, 0.5) is 11.5 Å². The summed E-state index contributed by atoms with van der Waals surface area (Å²) in [6, 6.07) is 3.81. The van der Waals surface area contributed by atoms with Crippen LogP contribution in [0.1, 0.15) is 16.7 Å². The maximum atomic E-state index is 6.13. The second kappa shape index (κ2) is 5.65. The number of anilines is 2. The van der Waals surface area contributed by atoms with Gasteiger partial charge in [-0.2, -0.15) is 0 Å². The first-order chi connectivity index (χ1) is 8.90. The van der Waals surface area contributed by atoms with E-state index in [-0.39, 0.29) is 0 Å². The molecule has 0 aliphatic heterocycles. The van der Waals surface area contributed by atoms with Gasteiger partial charge in [0.1, 0.15) is 0 Å². The highest BCUT2D eigenvalue weighted by molar-refractivity contribution is 9.10. The lowest BCUT2D eigenvalue weighted by molar-refractivity contribution is 1.00. The minimum absolute atomic E-state index is 0.420. The molecule has 0 aliphatic carbocycles. The fourth-order valence-corrected chi connectivity index (χ4v) is 2.46. The molecule has 0 fully saturated rings. The van der Waals surface area contributed by atoms with Gasteiger partial charge in [0.25, 0.3) is 0 Å². The average molecular weight is 361 g/mol. The van der Waals surface area contributed by atoms with Crippen LogP contribution in [0.5, 0.6) is 0 Å². The zero-order chi connectivity index (χ0) is 14.2. The lowest BCUT2D eigenvalue weighted by Crippen LogP contribution is -2.02. The van der Waals surface area contributed by atoms with E-state index in [1.165, 1.54) is 0 Å². The van der Waals surface area contributed by atoms with Crippen molar-refractivity contribution in [1.29, 1.82) is 0 Å². The lowest BCUT2D eigenvalue weighted by atomic mass is 10.2. The number of rotatable bonds is 2. The Kier molecular flexibility index (Phi) is 4.33. The minimum Gasteiger partial charge on any atom is -0.338 e. The molecular formula is C13H12BrCl2N3. The van der Waals surface area contributed by atoms with E-state index in [0.717, 1.165) is 26.9 Å². The fourth-order valence-electron chi connectivity index (χ4n) is 1.56. The highest BCUT2D eigenvalue weighted by Crippen LogP contribution is 2.32. The van der Waals surface area contributed by atoms with Crippen molar-refractivity contribution in [3.05, 3.63) is 43.5 Å². The molecule has 0 saturated heterocycles. The summed E-state index contributed by atoms with van der Waals surface area (Å²) in [5.41, 5.74) is 3.72. The molecule has 0 unspecified atom stereocenters. The number of hydrogen-bond donors (Lipinski definition) is 1. The summed E-state index contributed by atoms with van der Waals surface area (Å²) in [6.45, 7) is 5.81. The molecule has 100 valence electrons. The normalized spacial score (nSPS) is 10.6. The van der Waals surface area contributed by atoms with Crippen molar-refractivity contribution >= 4 is 50.6 Å². The van der Waals surface area contributed by atoms with Crippen molar-refractivity contribution in [3.63, 3.8) is 0 Å². The van der Waals surface area contributed by atoms with E-state index in [4.69, 9.17) is 23.2 Å². The zero-order valence-corrected chi connectivity index (χ0v) is 13.8. The van der Waals surface area contributed by atoms with Gasteiger partial charge in [0.15, 0.2) is 11.0 Å². The first-order valence-corrected chi connectivity index (χ1v) is 7.17. The van der Waals surface area contributed by atoms with Crippen LogP contribution in [0.25, 0.3) is 0 Å². The number of nitrogens with one attached hydrogen (secondary N) is 1. The summed E-state index contributed by atoms with van der Waals surface area (Å²) in [6.07, 6.45) is 0. The van der Waals surface area contributed by atoms with Gasteiger partial charge in [-0.1, -0.05) is 23.2 Å². The summed E-state index contributed by atoms with van der Waals surface area (Å²) in [4.78, 5) is 0. The second-order valence-corrected chi connectivity index (χ2v) is 5.92. The third-order valence-electron chi connectivity index (χ3n) is 2.97. The summed E-state index contributed by atoms with van der Waals surface area (Å²) in [5, 5.41) is 12.3. The molecule has 0 saturated carbocycles. The van der Waals surface area contributed by atoms with Gasteiger partial charge in [0.2, 0.25) is 0 Å². The number of halogens is 3. The van der Waals surface area contributed by atoms with Crippen molar-refractivity contribution in [2.75, 3.05) is 5.32 Å². The molecule has 0 aliphatic rings. The molecule has 0 radical (unpaired) electrons. The van der Waals surface area contributed by atoms with Gasteiger partial charge in [0.05, 0.1) is 5.69 Å². The Morgan fingerprint density at radius 2 is 1.74 bits per heavy atom. The zero-order valence-electron chi connectivity index (χ0n) is 10.7. The monoisotopic (exact) mass is 359 g/mol. The third kappa shape index (κ3) is 3.02. The van der Waals surface area contributed by atoms with Crippen LogP contribution in [0.15, 0.2) is 16.6 Å². The fraction of sp³-hybridized carbons (Fsp3) is 0.231. The topological polar surface area (TPSA) is 37.8 Å².